The average molecular weight is 266 g/mol. The zero-order valence-electron chi connectivity index (χ0n) is 8.89. The van der Waals surface area contributed by atoms with E-state index in [9.17, 15) is 0 Å². The Kier molecular flexibility index (Phi) is 5.21. The van der Waals surface area contributed by atoms with E-state index in [-0.39, 0.29) is 0 Å². The number of nitrogens with zero attached hydrogens (tertiary/aromatic N) is 4. The van der Waals surface area contributed by atoms with E-state index in [1.54, 1.807) is 36.9 Å². The van der Waals surface area contributed by atoms with E-state index in [4.69, 9.17) is 3.63 Å². The minimum absolute atomic E-state index is 0.628. The maximum Gasteiger partial charge on any atom is 0.140 e. The molecule has 7 heteroatoms. The molecule has 2 heterocycles. The molecule has 0 saturated carbocycles. The zero-order valence-corrected chi connectivity index (χ0v) is 10.5. The molecule has 2 aromatic rings. The Hall–Kier alpha value is -1.18. The van der Waals surface area contributed by atoms with Crippen molar-refractivity contribution in [2.24, 2.45) is 0 Å². The van der Waals surface area contributed by atoms with Gasteiger partial charge in [-0.15, -0.1) is 0 Å². The van der Waals surface area contributed by atoms with Crippen LogP contribution in [0.4, 0.5) is 0 Å². The third kappa shape index (κ3) is 4.68. The molecule has 2 aromatic heterocycles. The van der Waals surface area contributed by atoms with Gasteiger partial charge in [-0.25, -0.2) is 23.6 Å². The van der Waals surface area contributed by atoms with Crippen molar-refractivity contribution in [2.45, 2.75) is 11.5 Å². The zero-order chi connectivity index (χ0) is 11.8. The fourth-order valence-corrected chi connectivity index (χ4v) is 2.16. The molecule has 88 valence electrons. The first-order valence-corrected chi connectivity index (χ1v) is 6.70. The minimum Gasteiger partial charge on any atom is -0.246 e. The molecule has 0 amide bonds. The van der Waals surface area contributed by atoms with Crippen LogP contribution in [0.3, 0.4) is 0 Å². The molecule has 0 saturated heterocycles. The molecule has 5 nitrogen and oxygen atoms in total. The van der Waals surface area contributed by atoms with E-state index in [0.717, 1.165) is 11.6 Å². The summed E-state index contributed by atoms with van der Waals surface area (Å²) < 4.78 is 5.31. The Morgan fingerprint density at radius 3 is 1.59 bits per heavy atom. The largest absolute Gasteiger partial charge is 0.246 e. The highest BCUT2D eigenvalue weighted by molar-refractivity contribution is 8.07. The van der Waals surface area contributed by atoms with Gasteiger partial charge in [0.15, 0.2) is 0 Å². The van der Waals surface area contributed by atoms with Crippen molar-refractivity contribution in [3.8, 4) is 0 Å². The molecule has 0 bridgehead atoms. The van der Waals surface area contributed by atoms with Gasteiger partial charge in [0.1, 0.15) is 11.6 Å². The lowest BCUT2D eigenvalue weighted by molar-refractivity contribution is 0.749. The molecule has 0 aliphatic rings. The summed E-state index contributed by atoms with van der Waals surface area (Å²) in [5.41, 5.74) is 0. The Bertz CT molecular complexity index is 387. The molecule has 0 fully saturated rings. The SMILES string of the molecule is c1cnc(CSOSCc2ncccn2)nc1. The van der Waals surface area contributed by atoms with Gasteiger partial charge in [0, 0.05) is 48.9 Å². The Balaban J connectivity index is 1.61. The van der Waals surface area contributed by atoms with Gasteiger partial charge in [0.25, 0.3) is 0 Å². The van der Waals surface area contributed by atoms with Crippen LogP contribution in [0, 0.1) is 0 Å². The second-order valence-electron chi connectivity index (χ2n) is 2.92. The predicted molar refractivity (Wildman–Crippen MR) is 67.7 cm³/mol. The van der Waals surface area contributed by atoms with Gasteiger partial charge < -0.3 is 0 Å². The van der Waals surface area contributed by atoms with Crippen LogP contribution in [0.2, 0.25) is 0 Å². The van der Waals surface area contributed by atoms with Crippen LogP contribution in [-0.4, -0.2) is 19.9 Å². The highest BCUT2D eigenvalue weighted by atomic mass is 32.2. The molecule has 17 heavy (non-hydrogen) atoms. The summed E-state index contributed by atoms with van der Waals surface area (Å²) in [6, 6.07) is 3.58. The third-order valence-corrected chi connectivity index (χ3v) is 3.23. The Morgan fingerprint density at radius 2 is 1.18 bits per heavy atom. The average Bonchev–Trinajstić information content (AvgIpc) is 2.41. The quantitative estimate of drug-likeness (QED) is 0.587. The topological polar surface area (TPSA) is 60.8 Å². The monoisotopic (exact) mass is 266 g/mol. The summed E-state index contributed by atoms with van der Waals surface area (Å²) in [4.78, 5) is 16.4. The standard InChI is InChI=1S/C10H10N4OS2/c1-3-11-9(12-4-1)7-16-15-17-8-10-13-5-2-6-14-10/h1-6H,7-8H2. The third-order valence-electron chi connectivity index (χ3n) is 1.71. The number of aromatic nitrogens is 4. The first-order valence-electron chi connectivity index (χ1n) is 4.88. The van der Waals surface area contributed by atoms with Crippen LogP contribution in [0.25, 0.3) is 0 Å². The fraction of sp³-hybridized carbons (Fsp3) is 0.200. The molecule has 0 spiro atoms. The van der Waals surface area contributed by atoms with Gasteiger partial charge in [0.2, 0.25) is 0 Å². The van der Waals surface area contributed by atoms with E-state index >= 15 is 0 Å². The normalized spacial score (nSPS) is 10.4. The van der Waals surface area contributed by atoms with Crippen LogP contribution in [0.1, 0.15) is 11.6 Å². The lowest BCUT2D eigenvalue weighted by atomic mass is 10.6. The number of rotatable bonds is 6. The van der Waals surface area contributed by atoms with E-state index in [1.165, 1.54) is 24.1 Å². The van der Waals surface area contributed by atoms with Crippen LogP contribution in [0.15, 0.2) is 36.9 Å². The predicted octanol–water partition coefficient (Wildman–Crippen LogP) is 2.28. The lowest BCUT2D eigenvalue weighted by Gasteiger charge is -2.00. The maximum atomic E-state index is 5.31. The smallest absolute Gasteiger partial charge is 0.140 e. The highest BCUT2D eigenvalue weighted by Crippen LogP contribution is 2.20. The Labute approximate surface area is 108 Å². The Morgan fingerprint density at radius 1 is 0.765 bits per heavy atom. The second kappa shape index (κ2) is 7.21. The van der Waals surface area contributed by atoms with E-state index in [0.29, 0.717) is 11.5 Å². The van der Waals surface area contributed by atoms with Crippen molar-refractivity contribution in [3.05, 3.63) is 48.6 Å². The van der Waals surface area contributed by atoms with Crippen LogP contribution in [-0.2, 0) is 15.1 Å². The van der Waals surface area contributed by atoms with Gasteiger partial charge in [-0.1, -0.05) is 0 Å². The molecule has 0 N–H and O–H groups in total. The summed E-state index contributed by atoms with van der Waals surface area (Å²) >= 11 is 2.62. The molecule has 0 unspecified atom stereocenters. The van der Waals surface area contributed by atoms with Crippen molar-refractivity contribution < 1.29 is 3.63 Å². The molecule has 0 aromatic carbocycles. The first kappa shape index (κ1) is 12.3. The van der Waals surface area contributed by atoms with Crippen molar-refractivity contribution in [1.82, 2.24) is 19.9 Å². The van der Waals surface area contributed by atoms with Gasteiger partial charge >= 0.3 is 0 Å². The first-order chi connectivity index (χ1) is 8.45. The molecule has 0 radical (unpaired) electrons. The van der Waals surface area contributed by atoms with Crippen LogP contribution >= 0.6 is 24.1 Å². The van der Waals surface area contributed by atoms with Crippen molar-refractivity contribution in [2.75, 3.05) is 0 Å². The summed E-state index contributed by atoms with van der Waals surface area (Å²) in [5.74, 6) is 2.77. The second-order valence-corrected chi connectivity index (χ2v) is 4.52. The summed E-state index contributed by atoms with van der Waals surface area (Å²) in [7, 11) is 0. The van der Waals surface area contributed by atoms with Crippen molar-refractivity contribution >= 4 is 24.1 Å². The molecule has 0 aliphatic carbocycles. The maximum absolute atomic E-state index is 5.31. The highest BCUT2D eigenvalue weighted by Gasteiger charge is 1.99. The van der Waals surface area contributed by atoms with E-state index in [2.05, 4.69) is 19.9 Å². The van der Waals surface area contributed by atoms with Gasteiger partial charge in [-0.3, -0.25) is 0 Å². The lowest BCUT2D eigenvalue weighted by Crippen LogP contribution is -1.91. The number of hydrogen-bond acceptors (Lipinski definition) is 7. The van der Waals surface area contributed by atoms with Crippen molar-refractivity contribution in [3.63, 3.8) is 0 Å². The minimum atomic E-state index is 0.628. The molecule has 2 rings (SSSR count). The van der Waals surface area contributed by atoms with Gasteiger partial charge in [-0.2, -0.15) is 0 Å². The molecule has 0 atom stereocenters. The van der Waals surface area contributed by atoms with Crippen LogP contribution in [0.5, 0.6) is 0 Å². The molecule has 0 aliphatic heterocycles. The summed E-state index contributed by atoms with van der Waals surface area (Å²) in [6.07, 6.45) is 6.86. The summed E-state index contributed by atoms with van der Waals surface area (Å²) in [5, 5.41) is 0. The summed E-state index contributed by atoms with van der Waals surface area (Å²) in [6.45, 7) is 0. The van der Waals surface area contributed by atoms with E-state index < -0.39 is 0 Å². The molecular weight excluding hydrogens is 256 g/mol. The molecular formula is C10H10N4OS2. The van der Waals surface area contributed by atoms with Gasteiger partial charge in [0.05, 0.1) is 11.5 Å². The van der Waals surface area contributed by atoms with Crippen molar-refractivity contribution in [1.29, 1.82) is 0 Å². The van der Waals surface area contributed by atoms with Crippen LogP contribution < -0.4 is 0 Å². The van der Waals surface area contributed by atoms with E-state index in [1.807, 2.05) is 0 Å². The fourth-order valence-electron chi connectivity index (χ4n) is 0.997. The van der Waals surface area contributed by atoms with Gasteiger partial charge in [-0.05, 0) is 12.1 Å². The number of hydrogen-bond donors (Lipinski definition) is 0.